The number of carbonyl (C=O) groups is 1. The second-order valence-electron chi connectivity index (χ2n) is 6.38. The minimum atomic E-state index is -0.855. The van der Waals surface area contributed by atoms with Gasteiger partial charge in [0.25, 0.3) is 11.5 Å². The monoisotopic (exact) mass is 321 g/mol. The van der Waals surface area contributed by atoms with Crippen LogP contribution in [0.1, 0.15) is 74.0 Å². The lowest BCUT2D eigenvalue weighted by Gasteiger charge is -2.27. The number of aromatic amines is 1. The van der Waals surface area contributed by atoms with Crippen molar-refractivity contribution >= 4 is 5.91 Å². The second-order valence-corrected chi connectivity index (χ2v) is 6.38. The molecule has 1 aromatic heterocycles. The zero-order valence-corrected chi connectivity index (χ0v) is 14.1. The zero-order valence-electron chi connectivity index (χ0n) is 14.1. The van der Waals surface area contributed by atoms with Crippen molar-refractivity contribution in [2.45, 2.75) is 70.8 Å². The Morgan fingerprint density at radius 1 is 1.22 bits per heavy atom. The molecule has 0 aliphatic heterocycles. The Morgan fingerprint density at radius 2 is 1.87 bits per heavy atom. The highest BCUT2D eigenvalue weighted by atomic mass is 16.3. The topological polar surface area (TPSA) is 95.1 Å². The van der Waals surface area contributed by atoms with Crippen LogP contribution in [0, 0.1) is 0 Å². The van der Waals surface area contributed by atoms with Crippen LogP contribution in [-0.2, 0) is 12.8 Å². The maximum Gasteiger partial charge on any atom is 0.277 e. The van der Waals surface area contributed by atoms with Crippen LogP contribution in [0.4, 0.5) is 0 Å². The van der Waals surface area contributed by atoms with Gasteiger partial charge in [0.15, 0.2) is 0 Å². The number of H-pyrrole nitrogens is 1. The molecule has 0 radical (unpaired) electrons. The number of carbonyl (C=O) groups excluding carboxylic acids is 1. The Balaban J connectivity index is 2.16. The molecule has 0 saturated heterocycles. The zero-order chi connectivity index (χ0) is 16.9. The minimum Gasteiger partial charge on any atom is -0.388 e. The molecule has 0 aromatic carbocycles. The lowest BCUT2D eigenvalue weighted by molar-refractivity contribution is 0.0246. The molecule has 1 fully saturated rings. The molecule has 0 unspecified atom stereocenters. The summed E-state index contributed by atoms with van der Waals surface area (Å²) in [6, 6.07) is 0. The van der Waals surface area contributed by atoms with Crippen LogP contribution >= 0.6 is 0 Å². The van der Waals surface area contributed by atoms with Crippen LogP contribution in [0.15, 0.2) is 4.79 Å². The summed E-state index contributed by atoms with van der Waals surface area (Å²) < 4.78 is 0. The maximum atomic E-state index is 12.5. The van der Waals surface area contributed by atoms with Crippen LogP contribution in [0.2, 0.25) is 0 Å². The predicted molar refractivity (Wildman–Crippen MR) is 88.6 cm³/mol. The average Bonchev–Trinajstić information content (AvgIpc) is 2.77. The van der Waals surface area contributed by atoms with E-state index in [9.17, 15) is 14.7 Å². The lowest BCUT2D eigenvalue weighted by atomic mass is 9.94. The van der Waals surface area contributed by atoms with Gasteiger partial charge in [-0.05, 0) is 31.2 Å². The molecule has 3 N–H and O–H groups in total. The Kier molecular flexibility index (Phi) is 5.93. The van der Waals surface area contributed by atoms with E-state index in [0.717, 1.165) is 31.4 Å². The molecule has 6 nitrogen and oxygen atoms in total. The first-order valence-electron chi connectivity index (χ1n) is 8.61. The molecule has 0 bridgehead atoms. The standard InChI is InChI=1S/C17H27N3O3/c1-3-12-13(4-2)19-20-16(22)14(12)15(21)18-11-17(23)9-7-5-6-8-10-17/h23H,3-11H2,1-2H3,(H,18,21)(H,20,22). The molecule has 1 amide bonds. The molecular formula is C17H27N3O3. The van der Waals surface area contributed by atoms with E-state index in [1.165, 1.54) is 0 Å². The first-order chi connectivity index (χ1) is 11.0. The average molecular weight is 321 g/mol. The normalized spacial score (nSPS) is 17.5. The van der Waals surface area contributed by atoms with Crippen molar-refractivity contribution in [2.75, 3.05) is 6.54 Å². The molecule has 1 aliphatic carbocycles. The highest BCUT2D eigenvalue weighted by Crippen LogP contribution is 2.26. The van der Waals surface area contributed by atoms with Gasteiger partial charge < -0.3 is 10.4 Å². The summed E-state index contributed by atoms with van der Waals surface area (Å²) in [5, 5.41) is 19.8. The van der Waals surface area contributed by atoms with E-state index in [0.29, 0.717) is 31.2 Å². The maximum absolute atomic E-state index is 12.5. The van der Waals surface area contributed by atoms with Gasteiger partial charge in [0.1, 0.15) is 5.56 Å². The number of amides is 1. The molecule has 2 rings (SSSR count). The van der Waals surface area contributed by atoms with Crippen molar-refractivity contribution in [1.82, 2.24) is 15.5 Å². The summed E-state index contributed by atoms with van der Waals surface area (Å²) in [6.45, 7) is 4.04. The first kappa shape index (κ1) is 17.7. The quantitative estimate of drug-likeness (QED) is 0.720. The van der Waals surface area contributed by atoms with Crippen LogP contribution in [0.25, 0.3) is 0 Å². The van der Waals surface area contributed by atoms with Crippen molar-refractivity contribution in [2.24, 2.45) is 0 Å². The second kappa shape index (κ2) is 7.73. The minimum absolute atomic E-state index is 0.136. The summed E-state index contributed by atoms with van der Waals surface area (Å²) in [7, 11) is 0. The summed E-state index contributed by atoms with van der Waals surface area (Å²) in [4.78, 5) is 24.6. The van der Waals surface area contributed by atoms with E-state index < -0.39 is 17.1 Å². The van der Waals surface area contributed by atoms with Crippen LogP contribution in [0.3, 0.4) is 0 Å². The molecule has 1 heterocycles. The van der Waals surface area contributed by atoms with Crippen LogP contribution in [0.5, 0.6) is 0 Å². The molecule has 0 spiro atoms. The highest BCUT2D eigenvalue weighted by Gasteiger charge is 2.29. The molecule has 23 heavy (non-hydrogen) atoms. The lowest BCUT2D eigenvalue weighted by Crippen LogP contribution is -2.44. The van der Waals surface area contributed by atoms with Gasteiger partial charge in [-0.1, -0.05) is 39.5 Å². The van der Waals surface area contributed by atoms with Crippen molar-refractivity contribution in [1.29, 1.82) is 0 Å². The fourth-order valence-electron chi connectivity index (χ4n) is 3.33. The first-order valence-corrected chi connectivity index (χ1v) is 8.61. The van der Waals surface area contributed by atoms with E-state index in [1.807, 2.05) is 13.8 Å². The third-order valence-electron chi connectivity index (χ3n) is 4.70. The number of aromatic nitrogens is 2. The largest absolute Gasteiger partial charge is 0.388 e. The fraction of sp³-hybridized carbons (Fsp3) is 0.706. The van der Waals surface area contributed by atoms with Gasteiger partial charge in [-0.15, -0.1) is 0 Å². The van der Waals surface area contributed by atoms with Gasteiger partial charge in [-0.2, -0.15) is 5.10 Å². The fourth-order valence-corrected chi connectivity index (χ4v) is 3.33. The van der Waals surface area contributed by atoms with Gasteiger partial charge in [-0.25, -0.2) is 5.10 Å². The van der Waals surface area contributed by atoms with E-state index >= 15 is 0 Å². The van der Waals surface area contributed by atoms with Crippen LogP contribution < -0.4 is 10.9 Å². The highest BCUT2D eigenvalue weighted by molar-refractivity contribution is 5.95. The van der Waals surface area contributed by atoms with Gasteiger partial charge in [0.2, 0.25) is 0 Å². The third kappa shape index (κ3) is 4.19. The summed E-state index contributed by atoms with van der Waals surface area (Å²) in [6.07, 6.45) is 6.82. The number of nitrogens with one attached hydrogen (secondary N) is 2. The number of hydrogen-bond acceptors (Lipinski definition) is 4. The Hall–Kier alpha value is -1.69. The van der Waals surface area contributed by atoms with Crippen molar-refractivity contribution in [3.8, 4) is 0 Å². The Morgan fingerprint density at radius 3 is 2.43 bits per heavy atom. The van der Waals surface area contributed by atoms with Crippen molar-refractivity contribution < 1.29 is 9.90 Å². The Labute approximate surface area is 136 Å². The SMILES string of the molecule is CCc1n[nH]c(=O)c(C(=O)NCC2(O)CCCCCC2)c1CC. The van der Waals surface area contributed by atoms with Gasteiger partial charge >= 0.3 is 0 Å². The molecule has 1 saturated carbocycles. The van der Waals surface area contributed by atoms with Gasteiger partial charge in [-0.3, -0.25) is 9.59 Å². The van der Waals surface area contributed by atoms with E-state index in [2.05, 4.69) is 15.5 Å². The number of aryl methyl sites for hydroxylation is 1. The van der Waals surface area contributed by atoms with Gasteiger partial charge in [0, 0.05) is 6.54 Å². The molecule has 128 valence electrons. The number of nitrogens with zero attached hydrogens (tertiary/aromatic N) is 1. The van der Waals surface area contributed by atoms with Gasteiger partial charge in [0.05, 0.1) is 11.3 Å². The predicted octanol–water partition coefficient (Wildman–Crippen LogP) is 1.71. The van der Waals surface area contributed by atoms with E-state index in [1.54, 1.807) is 0 Å². The number of aliphatic hydroxyl groups is 1. The van der Waals surface area contributed by atoms with E-state index in [4.69, 9.17) is 0 Å². The number of rotatable bonds is 5. The van der Waals surface area contributed by atoms with E-state index in [-0.39, 0.29) is 12.1 Å². The summed E-state index contributed by atoms with van der Waals surface area (Å²) >= 11 is 0. The Bertz CT molecular complexity index is 602. The molecule has 1 aromatic rings. The third-order valence-corrected chi connectivity index (χ3v) is 4.70. The van der Waals surface area contributed by atoms with Crippen LogP contribution in [-0.4, -0.2) is 33.4 Å². The van der Waals surface area contributed by atoms with Crippen molar-refractivity contribution in [3.05, 3.63) is 27.2 Å². The summed E-state index contributed by atoms with van der Waals surface area (Å²) in [5.74, 6) is -0.419. The molecule has 0 atom stereocenters. The summed E-state index contributed by atoms with van der Waals surface area (Å²) in [5.41, 5.74) is 0.249. The molecule has 1 aliphatic rings. The molecular weight excluding hydrogens is 294 g/mol. The van der Waals surface area contributed by atoms with Crippen molar-refractivity contribution in [3.63, 3.8) is 0 Å². The number of hydrogen-bond donors (Lipinski definition) is 3. The molecule has 6 heteroatoms. The smallest absolute Gasteiger partial charge is 0.277 e.